The van der Waals surface area contributed by atoms with E-state index in [0.29, 0.717) is 5.56 Å². The molecule has 1 atom stereocenters. The van der Waals surface area contributed by atoms with Crippen molar-refractivity contribution in [3.05, 3.63) is 89.5 Å². The van der Waals surface area contributed by atoms with Gasteiger partial charge in [-0.3, -0.25) is 9.59 Å². The smallest absolute Gasteiger partial charge is 0.255 e. The molecule has 1 aliphatic rings. The Bertz CT molecular complexity index is 1320. The summed E-state index contributed by atoms with van der Waals surface area (Å²) in [5.74, 6) is -0.00537. The summed E-state index contributed by atoms with van der Waals surface area (Å²) >= 11 is 0. The first-order chi connectivity index (χ1) is 15.1. The molecule has 6 nitrogen and oxygen atoms in total. The Balaban J connectivity index is 1.80. The zero-order chi connectivity index (χ0) is 21.5. The van der Waals surface area contributed by atoms with Gasteiger partial charge in [0.2, 0.25) is 5.91 Å². The Morgan fingerprint density at radius 3 is 2.65 bits per heavy atom. The van der Waals surface area contributed by atoms with E-state index in [4.69, 9.17) is 10.5 Å². The topological polar surface area (TPSA) is 88.4 Å². The molecule has 3 aromatic carbocycles. The molecule has 4 aromatic rings. The number of para-hydroxylation sites is 1. The van der Waals surface area contributed by atoms with Gasteiger partial charge >= 0.3 is 0 Å². The van der Waals surface area contributed by atoms with E-state index in [2.05, 4.69) is 4.98 Å². The molecule has 6 heteroatoms. The van der Waals surface area contributed by atoms with Crippen LogP contribution in [0.5, 0.6) is 5.75 Å². The highest BCUT2D eigenvalue weighted by molar-refractivity contribution is 6.03. The van der Waals surface area contributed by atoms with Gasteiger partial charge in [-0.05, 0) is 29.8 Å². The van der Waals surface area contributed by atoms with Crippen LogP contribution in [0.25, 0.3) is 22.2 Å². The molecule has 3 N–H and O–H groups in total. The lowest BCUT2D eigenvalue weighted by Gasteiger charge is -2.25. The number of rotatable bonds is 5. The maximum Gasteiger partial charge on any atom is 0.255 e. The molecule has 0 saturated carbocycles. The SMILES string of the molecule is COc1cccc(-c2[nH]c3ccccc3c2[C@H]2c3ccccc3C(=O)N2CC(N)=O)c1. The van der Waals surface area contributed by atoms with E-state index in [1.807, 2.05) is 66.7 Å². The van der Waals surface area contributed by atoms with Crippen molar-refractivity contribution in [2.45, 2.75) is 6.04 Å². The Morgan fingerprint density at radius 1 is 1.06 bits per heavy atom. The van der Waals surface area contributed by atoms with Gasteiger partial charge in [-0.15, -0.1) is 0 Å². The van der Waals surface area contributed by atoms with Gasteiger partial charge in [0, 0.05) is 27.6 Å². The van der Waals surface area contributed by atoms with E-state index in [-0.39, 0.29) is 12.5 Å². The van der Waals surface area contributed by atoms with Crippen molar-refractivity contribution >= 4 is 22.7 Å². The fourth-order valence-electron chi connectivity index (χ4n) is 4.47. The maximum absolute atomic E-state index is 13.2. The summed E-state index contributed by atoms with van der Waals surface area (Å²) in [6.45, 7) is -0.158. The Kier molecular flexibility index (Phi) is 4.47. The molecular formula is C25H21N3O3. The second-order valence-corrected chi connectivity index (χ2v) is 7.58. The standard InChI is InChI=1S/C25H21N3O3/c1-31-16-8-6-7-15(13-16)23-22(19-11-4-5-12-20(19)27-23)24-17-9-2-3-10-18(17)25(30)28(24)14-21(26)29/h2-13,24,27H,14H2,1H3,(H2,26,29)/t24-/m1/s1. The quantitative estimate of drug-likeness (QED) is 0.522. The second kappa shape index (κ2) is 7.32. The van der Waals surface area contributed by atoms with Gasteiger partial charge in [-0.25, -0.2) is 0 Å². The van der Waals surface area contributed by atoms with Crippen LogP contribution in [0.15, 0.2) is 72.8 Å². The van der Waals surface area contributed by atoms with Crippen molar-refractivity contribution in [2.24, 2.45) is 5.73 Å². The lowest BCUT2D eigenvalue weighted by molar-refractivity contribution is -0.118. The summed E-state index contributed by atoms with van der Waals surface area (Å²) in [5, 5.41) is 0.990. The molecule has 0 fully saturated rings. The molecule has 154 valence electrons. The van der Waals surface area contributed by atoms with E-state index in [0.717, 1.165) is 39.0 Å². The number of hydrogen-bond donors (Lipinski definition) is 2. The number of primary amides is 1. The van der Waals surface area contributed by atoms with Crippen LogP contribution < -0.4 is 10.5 Å². The predicted molar refractivity (Wildman–Crippen MR) is 119 cm³/mol. The summed E-state index contributed by atoms with van der Waals surface area (Å²) in [6.07, 6.45) is 0. The number of fused-ring (bicyclic) bond motifs is 2. The second-order valence-electron chi connectivity index (χ2n) is 7.58. The average Bonchev–Trinajstić information content (AvgIpc) is 3.29. The molecule has 1 aliphatic heterocycles. The van der Waals surface area contributed by atoms with E-state index in [1.54, 1.807) is 18.1 Å². The van der Waals surface area contributed by atoms with Crippen molar-refractivity contribution in [3.8, 4) is 17.0 Å². The van der Waals surface area contributed by atoms with Crippen molar-refractivity contribution in [3.63, 3.8) is 0 Å². The molecule has 0 aliphatic carbocycles. The largest absolute Gasteiger partial charge is 0.497 e. The van der Waals surface area contributed by atoms with Crippen molar-refractivity contribution in [2.75, 3.05) is 13.7 Å². The number of H-pyrrole nitrogens is 1. The molecule has 5 rings (SSSR count). The summed E-state index contributed by atoms with van der Waals surface area (Å²) in [7, 11) is 1.63. The average molecular weight is 411 g/mol. The number of aromatic nitrogens is 1. The van der Waals surface area contributed by atoms with Crippen LogP contribution >= 0.6 is 0 Å². The van der Waals surface area contributed by atoms with Gasteiger partial charge in [0.25, 0.3) is 5.91 Å². The van der Waals surface area contributed by atoms with Crippen LogP contribution in [0.4, 0.5) is 0 Å². The number of methoxy groups -OCH3 is 1. The minimum absolute atomic E-state index is 0.158. The van der Waals surface area contributed by atoms with Gasteiger partial charge < -0.3 is 20.4 Å². The number of benzene rings is 3. The zero-order valence-corrected chi connectivity index (χ0v) is 17.0. The number of carbonyl (C=O) groups excluding carboxylic acids is 2. The Morgan fingerprint density at radius 2 is 1.84 bits per heavy atom. The minimum atomic E-state index is -0.547. The summed E-state index contributed by atoms with van der Waals surface area (Å²) in [5.41, 5.74) is 10.7. The first-order valence-corrected chi connectivity index (χ1v) is 10.0. The predicted octanol–water partition coefficient (Wildman–Crippen LogP) is 3.87. The van der Waals surface area contributed by atoms with Crippen LogP contribution in [0.3, 0.4) is 0 Å². The van der Waals surface area contributed by atoms with Crippen LogP contribution in [0.1, 0.15) is 27.5 Å². The van der Waals surface area contributed by atoms with E-state index >= 15 is 0 Å². The van der Waals surface area contributed by atoms with Gasteiger partial charge in [0.15, 0.2) is 0 Å². The lowest BCUT2D eigenvalue weighted by atomic mass is 9.93. The molecule has 2 heterocycles. The van der Waals surface area contributed by atoms with Crippen LogP contribution in [-0.2, 0) is 4.79 Å². The highest BCUT2D eigenvalue weighted by Gasteiger charge is 2.40. The molecule has 31 heavy (non-hydrogen) atoms. The Hall–Kier alpha value is -4.06. The number of ether oxygens (including phenoxy) is 1. The molecule has 0 bridgehead atoms. The highest BCUT2D eigenvalue weighted by atomic mass is 16.5. The number of nitrogens with one attached hydrogen (secondary N) is 1. The summed E-state index contributed by atoms with van der Waals surface area (Å²) in [4.78, 5) is 30.2. The zero-order valence-electron chi connectivity index (χ0n) is 17.0. The van der Waals surface area contributed by atoms with Crippen molar-refractivity contribution in [1.29, 1.82) is 0 Å². The number of carbonyl (C=O) groups is 2. The maximum atomic E-state index is 13.2. The molecule has 0 radical (unpaired) electrons. The number of amides is 2. The van der Waals surface area contributed by atoms with Gasteiger partial charge in [0.05, 0.1) is 18.8 Å². The molecule has 0 saturated heterocycles. The Labute approximate surface area is 179 Å². The highest BCUT2D eigenvalue weighted by Crippen LogP contribution is 2.45. The molecule has 1 aromatic heterocycles. The molecule has 0 unspecified atom stereocenters. The van der Waals surface area contributed by atoms with Gasteiger partial charge in [-0.2, -0.15) is 0 Å². The van der Waals surface area contributed by atoms with Crippen LogP contribution in [-0.4, -0.2) is 35.4 Å². The van der Waals surface area contributed by atoms with E-state index in [1.165, 1.54) is 0 Å². The fraction of sp³-hybridized carbons (Fsp3) is 0.120. The minimum Gasteiger partial charge on any atom is -0.497 e. The third kappa shape index (κ3) is 3.04. The summed E-state index contributed by atoms with van der Waals surface area (Å²) < 4.78 is 5.42. The molecule has 0 spiro atoms. The number of nitrogens with two attached hydrogens (primary N) is 1. The third-order valence-corrected chi connectivity index (χ3v) is 5.76. The monoisotopic (exact) mass is 411 g/mol. The lowest BCUT2D eigenvalue weighted by Crippen LogP contribution is -2.37. The van der Waals surface area contributed by atoms with Gasteiger partial charge in [-0.1, -0.05) is 48.5 Å². The number of nitrogens with zero attached hydrogens (tertiary/aromatic N) is 1. The third-order valence-electron chi connectivity index (χ3n) is 5.76. The van der Waals surface area contributed by atoms with Crippen molar-refractivity contribution in [1.82, 2.24) is 9.88 Å². The van der Waals surface area contributed by atoms with Crippen molar-refractivity contribution < 1.29 is 14.3 Å². The fourth-order valence-corrected chi connectivity index (χ4v) is 4.47. The normalized spacial score (nSPS) is 15.3. The van der Waals surface area contributed by atoms with E-state index in [9.17, 15) is 9.59 Å². The van der Waals surface area contributed by atoms with Crippen LogP contribution in [0.2, 0.25) is 0 Å². The number of aromatic amines is 1. The summed E-state index contributed by atoms with van der Waals surface area (Å²) in [6, 6.07) is 22.8. The molecule has 2 amide bonds. The van der Waals surface area contributed by atoms with Gasteiger partial charge in [0.1, 0.15) is 12.3 Å². The first kappa shape index (κ1) is 18.9. The van der Waals surface area contributed by atoms with Crippen LogP contribution in [0, 0.1) is 0 Å². The van der Waals surface area contributed by atoms with E-state index < -0.39 is 11.9 Å². The molecular weight excluding hydrogens is 390 g/mol. The number of hydrogen-bond acceptors (Lipinski definition) is 3. The first-order valence-electron chi connectivity index (χ1n) is 10.0.